The fourth-order valence-corrected chi connectivity index (χ4v) is 6.14. The number of fused-ring (bicyclic) bond motifs is 3. The van der Waals surface area contributed by atoms with Gasteiger partial charge in [-0.05, 0) is 43.2 Å². The molecule has 1 aromatic carbocycles. The fourth-order valence-electron chi connectivity index (χ4n) is 4.00. The van der Waals surface area contributed by atoms with Gasteiger partial charge >= 0.3 is 0 Å². The number of carbonyl (C=O) groups excluding carboxylic acids is 2. The van der Waals surface area contributed by atoms with Crippen molar-refractivity contribution in [2.24, 2.45) is 4.99 Å². The lowest BCUT2D eigenvalue weighted by Crippen LogP contribution is -2.36. The van der Waals surface area contributed by atoms with E-state index in [0.29, 0.717) is 5.56 Å². The van der Waals surface area contributed by atoms with Crippen LogP contribution in [-0.4, -0.2) is 30.5 Å². The van der Waals surface area contributed by atoms with Crippen LogP contribution in [0.4, 0.5) is 5.00 Å². The quantitative estimate of drug-likeness (QED) is 0.576. The molecule has 3 aromatic rings. The summed E-state index contributed by atoms with van der Waals surface area (Å²) in [6.45, 7) is 2.13. The molecule has 3 heterocycles. The smallest absolute Gasteiger partial charge is 0.249 e. The van der Waals surface area contributed by atoms with Crippen LogP contribution in [0.1, 0.15) is 43.2 Å². The maximum atomic E-state index is 13.0. The van der Waals surface area contributed by atoms with Gasteiger partial charge in [-0.2, -0.15) is 0 Å². The van der Waals surface area contributed by atoms with Crippen molar-refractivity contribution in [1.29, 1.82) is 0 Å². The van der Waals surface area contributed by atoms with Gasteiger partial charge in [0.2, 0.25) is 5.91 Å². The Bertz CT molecular complexity index is 1120. The van der Waals surface area contributed by atoms with Crippen LogP contribution < -0.4 is 4.90 Å². The minimum absolute atomic E-state index is 0.0440. The van der Waals surface area contributed by atoms with Crippen LogP contribution in [0.25, 0.3) is 0 Å². The second kappa shape index (κ2) is 7.35. The first-order valence-electron chi connectivity index (χ1n) is 9.75. The summed E-state index contributed by atoms with van der Waals surface area (Å²) >= 11 is 3.31. The van der Waals surface area contributed by atoms with Crippen LogP contribution in [0.2, 0.25) is 0 Å². The molecule has 0 atom stereocenters. The van der Waals surface area contributed by atoms with Crippen molar-refractivity contribution in [3.8, 4) is 0 Å². The molecule has 0 saturated heterocycles. The molecular weight excluding hydrogens is 400 g/mol. The Morgan fingerprint density at radius 3 is 2.76 bits per heavy atom. The molecule has 2 aliphatic rings. The molecule has 0 bridgehead atoms. The Morgan fingerprint density at radius 2 is 2.00 bits per heavy atom. The molecule has 0 fully saturated rings. The Morgan fingerprint density at radius 1 is 1.17 bits per heavy atom. The molecule has 29 heavy (non-hydrogen) atoms. The predicted molar refractivity (Wildman–Crippen MR) is 119 cm³/mol. The van der Waals surface area contributed by atoms with Crippen molar-refractivity contribution in [2.75, 3.05) is 18.0 Å². The number of hydrogen-bond donors (Lipinski definition) is 0. The molecule has 1 aliphatic heterocycles. The first-order chi connectivity index (χ1) is 14.1. The van der Waals surface area contributed by atoms with Gasteiger partial charge in [-0.1, -0.05) is 35.9 Å². The monoisotopic (exact) mass is 420 g/mol. The molecule has 1 amide bonds. The summed E-state index contributed by atoms with van der Waals surface area (Å²) in [5, 5.41) is 2.93. The van der Waals surface area contributed by atoms with E-state index in [-0.39, 0.29) is 24.8 Å². The lowest BCUT2D eigenvalue weighted by molar-refractivity contribution is -0.117. The molecule has 0 saturated carbocycles. The van der Waals surface area contributed by atoms with Gasteiger partial charge in [0, 0.05) is 16.0 Å². The maximum Gasteiger partial charge on any atom is 0.249 e. The number of thiophene rings is 2. The molecule has 4 nitrogen and oxygen atoms in total. The third-order valence-electron chi connectivity index (χ3n) is 5.49. The van der Waals surface area contributed by atoms with Crippen molar-refractivity contribution in [3.63, 3.8) is 0 Å². The van der Waals surface area contributed by atoms with E-state index in [1.54, 1.807) is 27.6 Å². The zero-order valence-electron chi connectivity index (χ0n) is 16.1. The summed E-state index contributed by atoms with van der Waals surface area (Å²) < 4.78 is 0. The van der Waals surface area contributed by atoms with Gasteiger partial charge in [0.1, 0.15) is 11.5 Å². The van der Waals surface area contributed by atoms with Crippen LogP contribution in [0, 0.1) is 6.92 Å². The lowest BCUT2D eigenvalue weighted by atomic mass is 10.0. The van der Waals surface area contributed by atoms with E-state index in [9.17, 15) is 9.59 Å². The van der Waals surface area contributed by atoms with Gasteiger partial charge in [-0.15, -0.1) is 22.7 Å². The number of ketones is 1. The molecule has 6 heteroatoms. The minimum atomic E-state index is -0.113. The number of anilines is 1. The first kappa shape index (κ1) is 18.5. The van der Waals surface area contributed by atoms with Crippen LogP contribution in [0.5, 0.6) is 0 Å². The minimum Gasteiger partial charge on any atom is -0.294 e. The maximum absolute atomic E-state index is 13.0. The number of aryl methyl sites for hydroxylation is 2. The zero-order chi connectivity index (χ0) is 20.0. The van der Waals surface area contributed by atoms with Crippen molar-refractivity contribution in [2.45, 2.75) is 26.2 Å². The van der Waals surface area contributed by atoms with Gasteiger partial charge in [-0.3, -0.25) is 19.5 Å². The van der Waals surface area contributed by atoms with E-state index >= 15 is 0 Å². The summed E-state index contributed by atoms with van der Waals surface area (Å²) in [6.07, 6.45) is 3.20. The van der Waals surface area contributed by atoms with Crippen LogP contribution in [-0.2, 0) is 17.6 Å². The molecule has 0 unspecified atom stereocenters. The topological polar surface area (TPSA) is 49.7 Å². The van der Waals surface area contributed by atoms with Crippen LogP contribution in [0.15, 0.2) is 46.8 Å². The summed E-state index contributed by atoms with van der Waals surface area (Å²) in [7, 11) is 0. The van der Waals surface area contributed by atoms with Crippen molar-refractivity contribution < 1.29 is 9.59 Å². The predicted octanol–water partition coefficient (Wildman–Crippen LogP) is 4.67. The van der Waals surface area contributed by atoms with Gasteiger partial charge < -0.3 is 0 Å². The molecule has 0 spiro atoms. The fraction of sp³-hybridized carbons (Fsp3) is 0.261. The third kappa shape index (κ3) is 3.26. The molecule has 146 valence electrons. The molecule has 1 aliphatic carbocycles. The van der Waals surface area contributed by atoms with E-state index in [2.05, 4.69) is 6.07 Å². The number of benzene rings is 1. The van der Waals surface area contributed by atoms with Crippen molar-refractivity contribution in [3.05, 3.63) is 73.8 Å². The van der Waals surface area contributed by atoms with Gasteiger partial charge in [-0.25, -0.2) is 0 Å². The second-order valence-corrected chi connectivity index (χ2v) is 9.48. The van der Waals surface area contributed by atoms with E-state index in [1.807, 2.05) is 42.6 Å². The largest absolute Gasteiger partial charge is 0.294 e. The normalized spacial score (nSPS) is 15.7. The van der Waals surface area contributed by atoms with E-state index in [4.69, 9.17) is 4.99 Å². The summed E-state index contributed by atoms with van der Waals surface area (Å²) in [4.78, 5) is 34.8. The van der Waals surface area contributed by atoms with Crippen LogP contribution in [0.3, 0.4) is 0 Å². The lowest BCUT2D eigenvalue weighted by Gasteiger charge is -2.20. The Kier molecular flexibility index (Phi) is 4.68. The van der Waals surface area contributed by atoms with Gasteiger partial charge in [0.15, 0.2) is 5.78 Å². The van der Waals surface area contributed by atoms with E-state index in [0.717, 1.165) is 46.0 Å². The van der Waals surface area contributed by atoms with Crippen LogP contribution >= 0.6 is 22.7 Å². The average Bonchev–Trinajstić information content (AvgIpc) is 3.44. The Labute approximate surface area is 177 Å². The molecule has 0 N–H and O–H groups in total. The van der Waals surface area contributed by atoms with Gasteiger partial charge in [0.05, 0.1) is 17.1 Å². The number of rotatable bonds is 4. The van der Waals surface area contributed by atoms with E-state index in [1.165, 1.54) is 10.4 Å². The number of Topliss-reactive ketones (excluding diaryl/α,β-unsaturated/α-hetero) is 1. The number of aliphatic imine (C=N–C) groups is 1. The third-order valence-corrected chi connectivity index (χ3v) is 7.68. The highest BCUT2D eigenvalue weighted by molar-refractivity contribution is 7.17. The van der Waals surface area contributed by atoms with Crippen molar-refractivity contribution in [1.82, 2.24) is 0 Å². The molecular formula is C23H20N2O2S2. The van der Waals surface area contributed by atoms with E-state index < -0.39 is 0 Å². The SMILES string of the molecule is Cc1ccc(C(=O)CN2C(=O)CN=C(c3cccs3)c3c2sc2c3CCC2)cc1. The summed E-state index contributed by atoms with van der Waals surface area (Å²) in [6, 6.07) is 11.6. The molecule has 0 radical (unpaired) electrons. The summed E-state index contributed by atoms with van der Waals surface area (Å²) in [5.41, 5.74) is 5.05. The average molecular weight is 421 g/mol. The first-order valence-corrected chi connectivity index (χ1v) is 11.4. The Hall–Kier alpha value is -2.57. The number of carbonyl (C=O) groups is 2. The number of amides is 1. The Balaban J connectivity index is 1.57. The van der Waals surface area contributed by atoms with Gasteiger partial charge in [0.25, 0.3) is 0 Å². The van der Waals surface area contributed by atoms with Crippen molar-refractivity contribution >= 4 is 45.1 Å². The molecule has 2 aromatic heterocycles. The highest BCUT2D eigenvalue weighted by Gasteiger charge is 2.34. The highest BCUT2D eigenvalue weighted by Crippen LogP contribution is 2.43. The zero-order valence-corrected chi connectivity index (χ0v) is 17.7. The summed E-state index contributed by atoms with van der Waals surface area (Å²) in [5.74, 6) is -0.157. The highest BCUT2D eigenvalue weighted by atomic mass is 32.1. The number of hydrogen-bond acceptors (Lipinski definition) is 5. The molecule has 5 rings (SSSR count). The standard InChI is InChI=1S/C23H20N2O2S2/c1-14-7-9-15(10-8-14)17(26)13-25-20(27)12-24-22(19-6-3-11-28-19)21-16-4-2-5-18(16)29-23(21)25/h3,6-11H,2,4-5,12-13H2,1H3. The second-order valence-electron chi connectivity index (χ2n) is 7.45. The number of nitrogens with zero attached hydrogens (tertiary/aromatic N) is 2.